The first-order valence-electron chi connectivity index (χ1n) is 3.90. The summed E-state index contributed by atoms with van der Waals surface area (Å²) in [5.41, 5.74) is 0. The molecule has 0 saturated heterocycles. The van der Waals surface area contributed by atoms with E-state index in [2.05, 4.69) is 4.99 Å². The maximum Gasteiger partial charge on any atom is 0.267 e. The molecule has 3 nitrogen and oxygen atoms in total. The lowest BCUT2D eigenvalue weighted by Crippen LogP contribution is -2.32. The molecule has 1 heterocycles. The zero-order valence-corrected chi connectivity index (χ0v) is 6.77. The van der Waals surface area contributed by atoms with Gasteiger partial charge in [-0.1, -0.05) is 18.2 Å². The Bertz CT molecular complexity index is 510. The minimum Gasteiger partial charge on any atom is -0.271 e. The Hall–Kier alpha value is -1.95. The van der Waals surface area contributed by atoms with Crippen LogP contribution in [0.15, 0.2) is 29.3 Å². The number of para-hydroxylation sites is 1. The van der Waals surface area contributed by atoms with Crippen molar-refractivity contribution in [3.8, 4) is 6.07 Å². The zero-order valence-electron chi connectivity index (χ0n) is 6.77. The van der Waals surface area contributed by atoms with Crippen LogP contribution in [0, 0.1) is 17.2 Å². The highest BCUT2D eigenvalue weighted by molar-refractivity contribution is 5.88. The van der Waals surface area contributed by atoms with E-state index in [-0.39, 0.29) is 5.91 Å². The molecule has 0 radical (unpaired) electrons. The molecule has 3 heteroatoms. The summed E-state index contributed by atoms with van der Waals surface area (Å²) < 4.78 is 0. The van der Waals surface area contributed by atoms with E-state index in [1.807, 2.05) is 24.3 Å². The van der Waals surface area contributed by atoms with Crippen molar-refractivity contribution < 1.29 is 4.79 Å². The van der Waals surface area contributed by atoms with Gasteiger partial charge in [0.15, 0.2) is 0 Å². The normalized spacial score (nSPS) is 19.3. The monoisotopic (exact) mass is 170 g/mol. The molecule has 0 saturated carbocycles. The molecule has 1 amide bonds. The van der Waals surface area contributed by atoms with Crippen LogP contribution in [0.1, 0.15) is 0 Å². The van der Waals surface area contributed by atoms with Gasteiger partial charge >= 0.3 is 0 Å². The van der Waals surface area contributed by atoms with Crippen LogP contribution in [-0.2, 0) is 4.79 Å². The topological polar surface area (TPSA) is 53.2 Å². The van der Waals surface area contributed by atoms with Crippen molar-refractivity contribution in [3.05, 3.63) is 34.8 Å². The summed E-state index contributed by atoms with van der Waals surface area (Å²) in [5.74, 6) is -1.09. The van der Waals surface area contributed by atoms with Gasteiger partial charge in [-0.25, -0.2) is 4.99 Å². The standard InChI is InChI=1S/C10H6N2O/c11-6-8-5-7-3-1-2-4-9(7)12-10(8)13/h1-5,8H. The quantitative estimate of drug-likeness (QED) is 0.540. The first-order valence-corrected chi connectivity index (χ1v) is 3.90. The van der Waals surface area contributed by atoms with E-state index in [1.54, 1.807) is 12.1 Å². The smallest absolute Gasteiger partial charge is 0.267 e. The summed E-state index contributed by atoms with van der Waals surface area (Å²) in [6, 6.07) is 9.17. The summed E-state index contributed by atoms with van der Waals surface area (Å²) in [7, 11) is 0. The van der Waals surface area contributed by atoms with Gasteiger partial charge in [0, 0.05) is 0 Å². The predicted molar refractivity (Wildman–Crippen MR) is 45.8 cm³/mol. The van der Waals surface area contributed by atoms with E-state index in [0.29, 0.717) is 5.36 Å². The molecule has 1 aliphatic heterocycles. The number of nitriles is 1. The van der Waals surface area contributed by atoms with Crippen LogP contribution >= 0.6 is 0 Å². The number of benzene rings is 1. The Kier molecular flexibility index (Phi) is 1.67. The van der Waals surface area contributed by atoms with Crippen LogP contribution in [0.5, 0.6) is 0 Å². The highest BCUT2D eigenvalue weighted by Gasteiger charge is 2.16. The average Bonchev–Trinajstić information content (AvgIpc) is 2.17. The molecule has 0 N–H and O–H groups in total. The van der Waals surface area contributed by atoms with Crippen LogP contribution in [-0.4, -0.2) is 5.91 Å². The van der Waals surface area contributed by atoms with Gasteiger partial charge in [0.05, 0.1) is 11.4 Å². The van der Waals surface area contributed by atoms with Crippen molar-refractivity contribution in [2.24, 2.45) is 10.9 Å². The van der Waals surface area contributed by atoms with E-state index in [9.17, 15) is 4.79 Å². The summed E-state index contributed by atoms with van der Waals surface area (Å²) in [4.78, 5) is 15.0. The summed E-state index contributed by atoms with van der Waals surface area (Å²) in [5, 5.41) is 10.1. The second kappa shape index (κ2) is 2.83. The molecule has 1 aromatic rings. The van der Waals surface area contributed by atoms with E-state index in [1.165, 1.54) is 0 Å². The van der Waals surface area contributed by atoms with Crippen molar-refractivity contribution in [2.75, 3.05) is 0 Å². The molecule has 0 aromatic heterocycles. The minimum absolute atomic E-state index is 0.374. The van der Waals surface area contributed by atoms with Crippen molar-refractivity contribution in [3.63, 3.8) is 0 Å². The zero-order chi connectivity index (χ0) is 9.26. The third kappa shape index (κ3) is 1.23. The van der Waals surface area contributed by atoms with E-state index < -0.39 is 5.92 Å². The van der Waals surface area contributed by atoms with Gasteiger partial charge in [-0.3, -0.25) is 4.79 Å². The van der Waals surface area contributed by atoms with E-state index in [4.69, 9.17) is 5.26 Å². The summed E-state index contributed by atoms with van der Waals surface area (Å²) in [6.07, 6.45) is 1.64. The highest BCUT2D eigenvalue weighted by atomic mass is 16.1. The molecule has 0 spiro atoms. The second-order valence-electron chi connectivity index (χ2n) is 2.78. The first-order chi connectivity index (χ1) is 6.31. The van der Waals surface area contributed by atoms with Crippen molar-refractivity contribution in [2.45, 2.75) is 0 Å². The number of carbonyl (C=O) groups excluding carboxylic acids is 1. The Morgan fingerprint density at radius 1 is 1.38 bits per heavy atom. The molecule has 2 rings (SSSR count). The van der Waals surface area contributed by atoms with Crippen molar-refractivity contribution in [1.82, 2.24) is 0 Å². The number of rotatable bonds is 0. The maximum absolute atomic E-state index is 11.2. The van der Waals surface area contributed by atoms with Crippen molar-refractivity contribution in [1.29, 1.82) is 5.26 Å². The maximum atomic E-state index is 11.2. The Labute approximate surface area is 74.6 Å². The molecule has 62 valence electrons. The van der Waals surface area contributed by atoms with E-state index >= 15 is 0 Å². The lowest BCUT2D eigenvalue weighted by atomic mass is 10.1. The molecule has 0 aliphatic carbocycles. The van der Waals surface area contributed by atoms with Gasteiger partial charge in [0.25, 0.3) is 5.91 Å². The largest absolute Gasteiger partial charge is 0.271 e. The molecule has 1 atom stereocenters. The molecule has 1 aliphatic rings. The number of fused-ring (bicyclic) bond motifs is 1. The number of nitrogens with zero attached hydrogens (tertiary/aromatic N) is 2. The third-order valence-corrected chi connectivity index (χ3v) is 1.92. The summed E-state index contributed by atoms with van der Waals surface area (Å²) in [6.45, 7) is 0. The SMILES string of the molecule is N#CC1C=c2ccccc2=NC1=O. The number of hydrogen-bond donors (Lipinski definition) is 0. The number of carbonyl (C=O) groups is 1. The van der Waals surface area contributed by atoms with Gasteiger partial charge < -0.3 is 0 Å². The molecule has 1 unspecified atom stereocenters. The van der Waals surface area contributed by atoms with Gasteiger partial charge in [-0.05, 0) is 17.4 Å². The van der Waals surface area contributed by atoms with Crippen LogP contribution in [0.3, 0.4) is 0 Å². The Morgan fingerprint density at radius 3 is 2.92 bits per heavy atom. The Morgan fingerprint density at radius 2 is 2.15 bits per heavy atom. The fourth-order valence-electron chi connectivity index (χ4n) is 1.26. The molecular weight excluding hydrogens is 164 g/mol. The third-order valence-electron chi connectivity index (χ3n) is 1.92. The fraction of sp³-hybridized carbons (Fsp3) is 0.100. The Balaban J connectivity index is 2.75. The lowest BCUT2D eigenvalue weighted by molar-refractivity contribution is -0.118. The molecule has 13 heavy (non-hydrogen) atoms. The average molecular weight is 170 g/mol. The van der Waals surface area contributed by atoms with Crippen LogP contribution in [0.4, 0.5) is 0 Å². The first kappa shape index (κ1) is 7.69. The van der Waals surface area contributed by atoms with Crippen LogP contribution in [0.25, 0.3) is 6.08 Å². The van der Waals surface area contributed by atoms with Gasteiger partial charge in [0.1, 0.15) is 5.92 Å². The number of hydrogen-bond acceptors (Lipinski definition) is 2. The van der Waals surface area contributed by atoms with Gasteiger partial charge in [0.2, 0.25) is 0 Å². The van der Waals surface area contributed by atoms with Gasteiger partial charge in [-0.15, -0.1) is 0 Å². The minimum atomic E-state index is -0.713. The summed E-state index contributed by atoms with van der Waals surface area (Å²) >= 11 is 0. The van der Waals surface area contributed by atoms with Crippen molar-refractivity contribution >= 4 is 12.0 Å². The predicted octanol–water partition coefficient (Wildman–Crippen LogP) is -0.233. The van der Waals surface area contributed by atoms with Crippen LogP contribution in [0.2, 0.25) is 0 Å². The number of amides is 1. The fourth-order valence-corrected chi connectivity index (χ4v) is 1.26. The lowest BCUT2D eigenvalue weighted by Gasteiger charge is -2.02. The van der Waals surface area contributed by atoms with E-state index in [0.717, 1.165) is 5.22 Å². The molecule has 0 bridgehead atoms. The highest BCUT2D eigenvalue weighted by Crippen LogP contribution is 2.00. The molecular formula is C10H6N2O. The molecule has 1 aromatic carbocycles. The van der Waals surface area contributed by atoms with Gasteiger partial charge in [-0.2, -0.15) is 5.26 Å². The second-order valence-corrected chi connectivity index (χ2v) is 2.78. The molecule has 0 fully saturated rings. The van der Waals surface area contributed by atoms with Crippen LogP contribution < -0.4 is 10.6 Å².